The molecular weight excluding hydrogens is 408 g/mol. The third-order valence-corrected chi connectivity index (χ3v) is 7.37. The number of thiophene rings is 1. The Labute approximate surface area is 185 Å². The Kier molecular flexibility index (Phi) is 5.06. The number of ether oxygens (including phenoxy) is 1. The molecule has 1 aromatic carbocycles. The van der Waals surface area contributed by atoms with Crippen molar-refractivity contribution < 1.29 is 4.74 Å². The summed E-state index contributed by atoms with van der Waals surface area (Å²) in [6.07, 6.45) is 5.84. The van der Waals surface area contributed by atoms with Crippen LogP contribution >= 0.6 is 11.3 Å². The van der Waals surface area contributed by atoms with Crippen LogP contribution in [0.15, 0.2) is 30.5 Å². The topological polar surface area (TPSA) is 70.2 Å². The van der Waals surface area contributed by atoms with E-state index < -0.39 is 0 Å². The summed E-state index contributed by atoms with van der Waals surface area (Å²) in [4.78, 5) is 16.4. The quantitative estimate of drug-likeness (QED) is 0.522. The molecule has 6 rings (SSSR count). The molecule has 0 aliphatic carbocycles. The second-order valence-electron chi connectivity index (χ2n) is 8.37. The molecule has 7 nitrogen and oxygen atoms in total. The predicted octanol–water partition coefficient (Wildman–Crippen LogP) is 4.06. The van der Waals surface area contributed by atoms with E-state index in [9.17, 15) is 0 Å². The molecule has 160 valence electrons. The van der Waals surface area contributed by atoms with Gasteiger partial charge >= 0.3 is 0 Å². The zero-order chi connectivity index (χ0) is 20.6. The van der Waals surface area contributed by atoms with Crippen molar-refractivity contribution in [3.05, 3.63) is 35.3 Å². The van der Waals surface area contributed by atoms with Crippen molar-refractivity contribution in [1.29, 1.82) is 0 Å². The number of H-pyrrole nitrogens is 1. The smallest absolute Gasteiger partial charge is 0.162 e. The molecule has 3 aromatic heterocycles. The van der Waals surface area contributed by atoms with Gasteiger partial charge < -0.3 is 9.64 Å². The normalized spacial score (nSPS) is 18.3. The van der Waals surface area contributed by atoms with Gasteiger partial charge in [0.05, 0.1) is 35.1 Å². The monoisotopic (exact) mass is 434 g/mol. The van der Waals surface area contributed by atoms with E-state index in [0.717, 1.165) is 66.5 Å². The second-order valence-corrected chi connectivity index (χ2v) is 9.51. The van der Waals surface area contributed by atoms with E-state index >= 15 is 0 Å². The van der Waals surface area contributed by atoms with Crippen LogP contribution in [-0.2, 0) is 11.3 Å². The van der Waals surface area contributed by atoms with Crippen LogP contribution in [0.3, 0.4) is 0 Å². The molecule has 0 radical (unpaired) electrons. The van der Waals surface area contributed by atoms with Crippen LogP contribution in [0.25, 0.3) is 32.5 Å². The lowest BCUT2D eigenvalue weighted by atomic mass is 10.1. The minimum absolute atomic E-state index is 0.740. The number of hydrogen-bond acceptors (Lipinski definition) is 7. The van der Waals surface area contributed by atoms with E-state index in [1.165, 1.54) is 41.9 Å². The maximum absolute atomic E-state index is 5.60. The number of piperidine rings is 1. The molecule has 2 aliphatic heterocycles. The predicted molar refractivity (Wildman–Crippen MR) is 125 cm³/mol. The molecule has 0 spiro atoms. The molecule has 0 atom stereocenters. The van der Waals surface area contributed by atoms with Crippen molar-refractivity contribution in [2.24, 2.45) is 0 Å². The molecule has 2 fully saturated rings. The van der Waals surface area contributed by atoms with Gasteiger partial charge in [-0.1, -0.05) is 18.6 Å². The third kappa shape index (κ3) is 3.69. The summed E-state index contributed by atoms with van der Waals surface area (Å²) in [5, 5.41) is 8.33. The Morgan fingerprint density at radius 1 is 1.03 bits per heavy atom. The average molecular weight is 435 g/mol. The number of morpholine rings is 1. The van der Waals surface area contributed by atoms with Gasteiger partial charge in [0.15, 0.2) is 11.6 Å². The van der Waals surface area contributed by atoms with E-state index in [4.69, 9.17) is 14.7 Å². The molecule has 5 heterocycles. The zero-order valence-electron chi connectivity index (χ0n) is 17.5. The lowest BCUT2D eigenvalue weighted by Gasteiger charge is -2.28. The molecule has 2 saturated heterocycles. The summed E-state index contributed by atoms with van der Waals surface area (Å²) in [6.45, 7) is 6.61. The number of rotatable bonds is 4. The van der Waals surface area contributed by atoms with Gasteiger partial charge in [0, 0.05) is 35.5 Å². The van der Waals surface area contributed by atoms with E-state index in [1.807, 2.05) is 29.7 Å². The Morgan fingerprint density at radius 3 is 2.77 bits per heavy atom. The van der Waals surface area contributed by atoms with Crippen molar-refractivity contribution >= 4 is 38.3 Å². The first-order chi connectivity index (χ1) is 15.3. The summed E-state index contributed by atoms with van der Waals surface area (Å²) < 4.78 is 6.79. The molecule has 1 N–H and O–H groups in total. The molecule has 4 aromatic rings. The number of benzene rings is 1. The van der Waals surface area contributed by atoms with Crippen LogP contribution in [0.5, 0.6) is 0 Å². The Balaban J connectivity index is 1.46. The fourth-order valence-electron chi connectivity index (χ4n) is 4.65. The first-order valence-corrected chi connectivity index (χ1v) is 11.9. The maximum atomic E-state index is 5.60. The number of likely N-dealkylation sites (tertiary alicyclic amines) is 1. The summed E-state index contributed by atoms with van der Waals surface area (Å²) in [7, 11) is 0. The summed E-state index contributed by atoms with van der Waals surface area (Å²) in [5.74, 6) is 1.81. The number of aromatic amines is 1. The maximum Gasteiger partial charge on any atom is 0.162 e. The van der Waals surface area contributed by atoms with Crippen LogP contribution in [0.2, 0.25) is 0 Å². The van der Waals surface area contributed by atoms with Crippen molar-refractivity contribution in [2.75, 3.05) is 44.3 Å². The molecule has 0 saturated carbocycles. The highest BCUT2D eigenvalue weighted by molar-refractivity contribution is 7.19. The van der Waals surface area contributed by atoms with Crippen LogP contribution in [0.4, 0.5) is 5.82 Å². The number of aromatic nitrogens is 4. The van der Waals surface area contributed by atoms with Crippen molar-refractivity contribution in [1.82, 2.24) is 25.1 Å². The van der Waals surface area contributed by atoms with Crippen LogP contribution < -0.4 is 4.90 Å². The van der Waals surface area contributed by atoms with E-state index in [1.54, 1.807) is 0 Å². The van der Waals surface area contributed by atoms with Gasteiger partial charge in [0.1, 0.15) is 0 Å². The first kappa shape index (κ1) is 19.2. The number of fused-ring (bicyclic) bond motifs is 2. The molecule has 2 aliphatic rings. The highest BCUT2D eigenvalue weighted by atomic mass is 32.1. The molecule has 0 amide bonds. The Morgan fingerprint density at radius 2 is 1.90 bits per heavy atom. The number of nitrogens with zero attached hydrogens (tertiary/aromatic N) is 5. The molecule has 31 heavy (non-hydrogen) atoms. The van der Waals surface area contributed by atoms with E-state index in [-0.39, 0.29) is 0 Å². The minimum Gasteiger partial charge on any atom is -0.378 e. The molecule has 0 bridgehead atoms. The third-order valence-electron chi connectivity index (χ3n) is 6.27. The van der Waals surface area contributed by atoms with Crippen molar-refractivity contribution in [2.45, 2.75) is 25.8 Å². The van der Waals surface area contributed by atoms with Crippen LogP contribution in [0, 0.1) is 0 Å². The van der Waals surface area contributed by atoms with Crippen molar-refractivity contribution in [3.8, 4) is 11.4 Å². The van der Waals surface area contributed by atoms with Crippen LogP contribution in [0.1, 0.15) is 24.1 Å². The first-order valence-electron chi connectivity index (χ1n) is 11.1. The van der Waals surface area contributed by atoms with Gasteiger partial charge in [-0.2, -0.15) is 5.10 Å². The van der Waals surface area contributed by atoms with E-state index in [0.29, 0.717) is 0 Å². The SMILES string of the molecule is c1cc(-c2nc(N3CCOCC3)c3sc(CN4CCCCC4)cc3n2)c2cn[nH]c2c1. The fraction of sp³-hybridized carbons (Fsp3) is 0.435. The van der Waals surface area contributed by atoms with Gasteiger partial charge in [0.2, 0.25) is 0 Å². The highest BCUT2D eigenvalue weighted by Crippen LogP contribution is 2.36. The highest BCUT2D eigenvalue weighted by Gasteiger charge is 2.22. The second kappa shape index (κ2) is 8.18. The summed E-state index contributed by atoms with van der Waals surface area (Å²) >= 11 is 1.85. The standard InChI is InChI=1S/C23H26N6OS/c1-2-7-28(8-3-1)15-16-13-20-21(31-16)23(29-9-11-30-12-10-29)26-22(25-20)17-5-4-6-19-18(17)14-24-27-19/h4-6,13-14H,1-3,7-12,15H2,(H,24,27). The fourth-order valence-corrected chi connectivity index (χ4v) is 5.81. The van der Waals surface area contributed by atoms with Gasteiger partial charge in [0.25, 0.3) is 0 Å². The number of anilines is 1. The lowest BCUT2D eigenvalue weighted by molar-refractivity contribution is 0.122. The molecule has 0 unspecified atom stereocenters. The van der Waals surface area contributed by atoms with Gasteiger partial charge in [-0.05, 0) is 38.1 Å². The van der Waals surface area contributed by atoms with Gasteiger partial charge in [-0.3, -0.25) is 10.00 Å². The average Bonchev–Trinajstić information content (AvgIpc) is 3.46. The summed E-state index contributed by atoms with van der Waals surface area (Å²) in [6, 6.07) is 8.43. The van der Waals surface area contributed by atoms with Gasteiger partial charge in [-0.25, -0.2) is 9.97 Å². The number of hydrogen-bond donors (Lipinski definition) is 1. The van der Waals surface area contributed by atoms with Crippen molar-refractivity contribution in [3.63, 3.8) is 0 Å². The summed E-state index contributed by atoms with van der Waals surface area (Å²) in [5.41, 5.74) is 3.07. The molecular formula is C23H26N6OS. The largest absolute Gasteiger partial charge is 0.378 e. The Bertz CT molecular complexity index is 1210. The zero-order valence-corrected chi connectivity index (χ0v) is 18.3. The molecule has 8 heteroatoms. The van der Waals surface area contributed by atoms with Crippen LogP contribution in [-0.4, -0.2) is 64.5 Å². The number of nitrogens with one attached hydrogen (secondary N) is 1. The van der Waals surface area contributed by atoms with Gasteiger partial charge in [-0.15, -0.1) is 11.3 Å². The Hall–Kier alpha value is -2.55. The minimum atomic E-state index is 0.740. The van der Waals surface area contributed by atoms with E-state index in [2.05, 4.69) is 32.1 Å². The lowest BCUT2D eigenvalue weighted by Crippen LogP contribution is -2.36.